The van der Waals surface area contributed by atoms with E-state index in [1.54, 1.807) is 0 Å². The van der Waals surface area contributed by atoms with Gasteiger partial charge in [-0.15, -0.1) is 0 Å². The number of likely N-dealkylation sites (tertiary alicyclic amines) is 1. The lowest BCUT2D eigenvalue weighted by atomic mass is 9.89. The molecule has 0 amide bonds. The molecule has 1 aliphatic heterocycles. The van der Waals surface area contributed by atoms with Crippen molar-refractivity contribution in [3.8, 4) is 0 Å². The lowest BCUT2D eigenvalue weighted by molar-refractivity contribution is 0.0291. The zero-order chi connectivity index (χ0) is 11.5. The van der Waals surface area contributed by atoms with Crippen molar-refractivity contribution in [1.82, 2.24) is 4.90 Å². The Labute approximate surface area is 94.7 Å². The Hall–Kier alpha value is -0.0800. The van der Waals surface area contributed by atoms with Crippen LogP contribution < -0.4 is 0 Å². The lowest BCUT2D eigenvalue weighted by Gasteiger charge is -2.31. The van der Waals surface area contributed by atoms with Crippen LogP contribution in [0.2, 0.25) is 0 Å². The van der Waals surface area contributed by atoms with Gasteiger partial charge >= 0.3 is 0 Å². The monoisotopic (exact) mass is 213 g/mol. The zero-order valence-electron chi connectivity index (χ0n) is 10.8. The molecule has 2 heteroatoms. The highest BCUT2D eigenvalue weighted by Gasteiger charge is 2.25. The number of nitrogens with zero attached hydrogens (tertiary/aromatic N) is 1. The number of hydrogen-bond acceptors (Lipinski definition) is 2. The smallest absolute Gasteiger partial charge is 0.0715 e. The van der Waals surface area contributed by atoms with Crippen molar-refractivity contribution < 1.29 is 5.11 Å². The Kier molecular flexibility index (Phi) is 4.60. The van der Waals surface area contributed by atoms with Crippen LogP contribution in [-0.4, -0.2) is 35.7 Å². The minimum atomic E-state index is -0.203. The maximum Gasteiger partial charge on any atom is 0.0715 e. The van der Waals surface area contributed by atoms with Gasteiger partial charge in [0.15, 0.2) is 0 Å². The van der Waals surface area contributed by atoms with E-state index in [1.807, 2.05) is 0 Å². The van der Waals surface area contributed by atoms with Gasteiger partial charge in [-0.25, -0.2) is 0 Å². The summed E-state index contributed by atoms with van der Waals surface area (Å²) < 4.78 is 0. The van der Waals surface area contributed by atoms with E-state index in [0.717, 1.165) is 25.6 Å². The Morgan fingerprint density at radius 3 is 2.53 bits per heavy atom. The van der Waals surface area contributed by atoms with Gasteiger partial charge in [0.2, 0.25) is 0 Å². The number of hydrogen-bond donors (Lipinski definition) is 1. The molecule has 1 rings (SSSR count). The number of aliphatic hydroxyl groups excluding tert-OH is 1. The molecule has 2 unspecified atom stereocenters. The van der Waals surface area contributed by atoms with Crippen molar-refractivity contribution in [3.63, 3.8) is 0 Å². The molecule has 1 fully saturated rings. The van der Waals surface area contributed by atoms with Gasteiger partial charge in [-0.3, -0.25) is 0 Å². The van der Waals surface area contributed by atoms with E-state index in [4.69, 9.17) is 0 Å². The van der Waals surface area contributed by atoms with Crippen LogP contribution in [0.1, 0.15) is 47.0 Å². The molecule has 0 saturated carbocycles. The van der Waals surface area contributed by atoms with E-state index in [9.17, 15) is 5.11 Å². The Balaban J connectivity index is 2.38. The summed E-state index contributed by atoms with van der Waals surface area (Å²) in [5.74, 6) is 0.863. The van der Waals surface area contributed by atoms with E-state index in [2.05, 4.69) is 32.6 Å². The first-order valence-electron chi connectivity index (χ1n) is 6.30. The van der Waals surface area contributed by atoms with Crippen LogP contribution in [-0.2, 0) is 0 Å². The molecule has 2 nitrogen and oxygen atoms in total. The van der Waals surface area contributed by atoms with Crippen molar-refractivity contribution in [2.24, 2.45) is 11.3 Å². The number of β-amino-alcohol motifs (C(OH)–C–C–N with tert-alkyl or cyclic N) is 1. The zero-order valence-corrected chi connectivity index (χ0v) is 10.8. The van der Waals surface area contributed by atoms with Gasteiger partial charge in [-0.2, -0.15) is 0 Å². The van der Waals surface area contributed by atoms with Crippen molar-refractivity contribution in [3.05, 3.63) is 0 Å². The summed E-state index contributed by atoms with van der Waals surface area (Å²) in [6.07, 6.45) is 3.72. The molecular formula is C13H27NO. The maximum atomic E-state index is 10.1. The van der Waals surface area contributed by atoms with Crippen molar-refractivity contribution >= 4 is 0 Å². The molecule has 2 atom stereocenters. The fourth-order valence-electron chi connectivity index (χ4n) is 2.02. The SMILES string of the molecule is CC1CCCN(CC(O)C(C)(C)C)CC1. The topological polar surface area (TPSA) is 23.5 Å². The second-order valence-corrected chi connectivity index (χ2v) is 6.22. The summed E-state index contributed by atoms with van der Waals surface area (Å²) in [6, 6.07) is 0. The molecule has 0 spiro atoms. The Morgan fingerprint density at radius 2 is 1.93 bits per heavy atom. The third kappa shape index (κ3) is 4.52. The van der Waals surface area contributed by atoms with Gasteiger partial charge in [0, 0.05) is 6.54 Å². The highest BCUT2D eigenvalue weighted by atomic mass is 16.3. The van der Waals surface area contributed by atoms with Gasteiger partial charge in [-0.05, 0) is 43.7 Å². The van der Waals surface area contributed by atoms with Crippen molar-refractivity contribution in [2.45, 2.75) is 53.1 Å². The molecule has 0 aromatic carbocycles. The van der Waals surface area contributed by atoms with E-state index >= 15 is 0 Å². The van der Waals surface area contributed by atoms with E-state index in [-0.39, 0.29) is 11.5 Å². The molecule has 0 aliphatic carbocycles. The predicted molar refractivity (Wildman–Crippen MR) is 64.9 cm³/mol. The van der Waals surface area contributed by atoms with Crippen LogP contribution in [0.3, 0.4) is 0 Å². The highest BCUT2D eigenvalue weighted by molar-refractivity contribution is 4.78. The summed E-state index contributed by atoms with van der Waals surface area (Å²) in [6.45, 7) is 11.8. The number of aliphatic hydroxyl groups is 1. The average Bonchev–Trinajstić information content (AvgIpc) is 2.29. The normalized spacial score (nSPS) is 27.4. The fourth-order valence-corrected chi connectivity index (χ4v) is 2.02. The third-order valence-corrected chi connectivity index (χ3v) is 3.54. The molecule has 0 aromatic rings. The van der Waals surface area contributed by atoms with Gasteiger partial charge in [0.05, 0.1) is 6.10 Å². The highest BCUT2D eigenvalue weighted by Crippen LogP contribution is 2.22. The second-order valence-electron chi connectivity index (χ2n) is 6.22. The van der Waals surface area contributed by atoms with Crippen LogP contribution in [0.4, 0.5) is 0 Å². The van der Waals surface area contributed by atoms with Crippen LogP contribution in [0.25, 0.3) is 0 Å². The molecule has 1 saturated heterocycles. The van der Waals surface area contributed by atoms with Gasteiger partial charge < -0.3 is 10.0 Å². The minimum absolute atomic E-state index is 0.0118. The summed E-state index contributed by atoms with van der Waals surface area (Å²) in [7, 11) is 0. The molecule has 1 heterocycles. The Morgan fingerprint density at radius 1 is 1.27 bits per heavy atom. The van der Waals surface area contributed by atoms with Gasteiger partial charge in [0.1, 0.15) is 0 Å². The molecule has 1 aliphatic rings. The first-order valence-corrected chi connectivity index (χ1v) is 6.30. The van der Waals surface area contributed by atoms with Gasteiger partial charge in [-0.1, -0.05) is 27.7 Å². The fraction of sp³-hybridized carbons (Fsp3) is 1.00. The van der Waals surface area contributed by atoms with Gasteiger partial charge in [0.25, 0.3) is 0 Å². The molecule has 15 heavy (non-hydrogen) atoms. The molecular weight excluding hydrogens is 186 g/mol. The standard InChI is InChI=1S/C13H27NO/c1-11-6-5-8-14(9-7-11)10-12(15)13(2,3)4/h11-12,15H,5-10H2,1-4H3. The van der Waals surface area contributed by atoms with E-state index < -0.39 is 0 Å². The molecule has 0 radical (unpaired) electrons. The second kappa shape index (κ2) is 5.31. The maximum absolute atomic E-state index is 10.1. The summed E-state index contributed by atoms with van der Waals surface area (Å²) >= 11 is 0. The lowest BCUT2D eigenvalue weighted by Crippen LogP contribution is -2.40. The van der Waals surface area contributed by atoms with Crippen LogP contribution in [0.15, 0.2) is 0 Å². The largest absolute Gasteiger partial charge is 0.391 e. The molecule has 90 valence electrons. The van der Waals surface area contributed by atoms with Crippen molar-refractivity contribution in [2.75, 3.05) is 19.6 Å². The predicted octanol–water partition coefficient (Wildman–Crippen LogP) is 2.52. The first-order chi connectivity index (χ1) is 6.89. The van der Waals surface area contributed by atoms with Crippen LogP contribution in [0.5, 0.6) is 0 Å². The average molecular weight is 213 g/mol. The minimum Gasteiger partial charge on any atom is -0.391 e. The first kappa shape index (κ1) is 13.0. The van der Waals surface area contributed by atoms with Crippen molar-refractivity contribution in [1.29, 1.82) is 0 Å². The molecule has 0 aromatic heterocycles. The van der Waals surface area contributed by atoms with Crippen LogP contribution in [0, 0.1) is 11.3 Å². The molecule has 0 bridgehead atoms. The Bertz CT molecular complexity index is 185. The third-order valence-electron chi connectivity index (χ3n) is 3.54. The van der Waals surface area contributed by atoms with E-state index in [0.29, 0.717) is 0 Å². The van der Waals surface area contributed by atoms with E-state index in [1.165, 1.54) is 19.3 Å². The number of rotatable bonds is 2. The summed E-state index contributed by atoms with van der Waals surface area (Å²) in [5.41, 5.74) is 0.0118. The summed E-state index contributed by atoms with van der Waals surface area (Å²) in [4.78, 5) is 2.43. The summed E-state index contributed by atoms with van der Waals surface area (Å²) in [5, 5.41) is 10.1. The quantitative estimate of drug-likeness (QED) is 0.762. The van der Waals surface area contributed by atoms with Crippen LogP contribution >= 0.6 is 0 Å². The molecule has 1 N–H and O–H groups in total.